The molecule has 2 aliphatic heterocycles. The number of ether oxygens (including phenoxy) is 2. The molecule has 0 radical (unpaired) electrons. The maximum absolute atomic E-state index is 13.5. The average Bonchev–Trinajstić information content (AvgIpc) is 3.46. The van der Waals surface area contributed by atoms with Crippen LogP contribution in [-0.4, -0.2) is 41.4 Å². The number of halogens is 1. The topological polar surface area (TPSA) is 105 Å². The minimum atomic E-state index is -1.08. The number of fused-ring (bicyclic) bond motifs is 1. The minimum absolute atomic E-state index is 0.00580. The van der Waals surface area contributed by atoms with Crippen molar-refractivity contribution in [1.29, 1.82) is 0 Å². The molecule has 9 nitrogen and oxygen atoms in total. The van der Waals surface area contributed by atoms with E-state index in [2.05, 4.69) is 5.32 Å². The molecular formula is C27H22FN3O6. The van der Waals surface area contributed by atoms with Crippen molar-refractivity contribution in [3.05, 3.63) is 83.7 Å². The predicted octanol–water partition coefficient (Wildman–Crippen LogP) is 3.49. The van der Waals surface area contributed by atoms with Gasteiger partial charge >= 0.3 is 0 Å². The highest BCUT2D eigenvalue weighted by Gasteiger charge is 2.44. The Bertz CT molecular complexity index is 1390. The third-order valence-electron chi connectivity index (χ3n) is 6.09. The minimum Gasteiger partial charge on any atom is -0.454 e. The van der Waals surface area contributed by atoms with E-state index < -0.39 is 29.6 Å². The van der Waals surface area contributed by atoms with E-state index in [-0.39, 0.29) is 31.2 Å². The van der Waals surface area contributed by atoms with E-state index in [9.17, 15) is 23.6 Å². The van der Waals surface area contributed by atoms with Gasteiger partial charge in [-0.3, -0.25) is 19.2 Å². The summed E-state index contributed by atoms with van der Waals surface area (Å²) in [5.41, 5.74) is 1.69. The molecule has 5 rings (SSSR count). The second-order valence-corrected chi connectivity index (χ2v) is 8.64. The maximum atomic E-state index is 13.5. The smallest absolute Gasteiger partial charge is 0.257 e. The molecular weight excluding hydrogens is 481 g/mol. The van der Waals surface area contributed by atoms with Gasteiger partial charge in [0.05, 0.1) is 12.1 Å². The van der Waals surface area contributed by atoms with E-state index in [0.717, 1.165) is 17.0 Å². The molecule has 3 aromatic carbocycles. The SMILES string of the molecule is CC(=O)Nc1ccc(N2C(=O)CC(N(Cc3ccc4c(c3)OCO4)C(=O)c3ccc(F)cc3)C2=O)cc1. The molecule has 3 aromatic rings. The standard InChI is InChI=1S/C27H22FN3O6/c1-16(32)29-20-7-9-21(10-8-20)31-25(33)13-22(27(31)35)30(26(34)18-3-5-19(28)6-4-18)14-17-2-11-23-24(12-17)37-15-36-23/h2-12,22H,13-15H2,1H3,(H,29,32). The number of amides is 4. The van der Waals surface area contributed by atoms with Crippen LogP contribution < -0.4 is 19.7 Å². The monoisotopic (exact) mass is 503 g/mol. The van der Waals surface area contributed by atoms with E-state index in [4.69, 9.17) is 9.47 Å². The maximum Gasteiger partial charge on any atom is 0.257 e. The molecule has 1 saturated heterocycles. The summed E-state index contributed by atoms with van der Waals surface area (Å²) in [5, 5.41) is 2.63. The summed E-state index contributed by atoms with van der Waals surface area (Å²) in [4.78, 5) is 53.7. The highest BCUT2D eigenvalue weighted by Crippen LogP contribution is 2.34. The summed E-state index contributed by atoms with van der Waals surface area (Å²) in [6, 6.07) is 15.4. The fourth-order valence-electron chi connectivity index (χ4n) is 4.35. The first-order valence-corrected chi connectivity index (χ1v) is 11.5. The van der Waals surface area contributed by atoms with Gasteiger partial charge in [0, 0.05) is 24.7 Å². The van der Waals surface area contributed by atoms with E-state index in [1.54, 1.807) is 42.5 Å². The van der Waals surface area contributed by atoms with Crippen LogP contribution in [0, 0.1) is 5.82 Å². The number of carbonyl (C=O) groups excluding carboxylic acids is 4. The molecule has 10 heteroatoms. The van der Waals surface area contributed by atoms with Crippen LogP contribution in [0.3, 0.4) is 0 Å². The van der Waals surface area contributed by atoms with Gasteiger partial charge in [-0.15, -0.1) is 0 Å². The van der Waals surface area contributed by atoms with Crippen molar-refractivity contribution in [2.24, 2.45) is 0 Å². The highest BCUT2D eigenvalue weighted by atomic mass is 19.1. The molecule has 2 heterocycles. The van der Waals surface area contributed by atoms with E-state index in [1.807, 2.05) is 0 Å². The quantitative estimate of drug-likeness (QED) is 0.517. The summed E-state index contributed by atoms with van der Waals surface area (Å²) in [5.74, 6) is -1.22. The third kappa shape index (κ3) is 4.86. The second kappa shape index (κ2) is 9.73. The third-order valence-corrected chi connectivity index (χ3v) is 6.09. The van der Waals surface area contributed by atoms with Gasteiger partial charge in [0.25, 0.3) is 11.8 Å². The van der Waals surface area contributed by atoms with Crippen LogP contribution in [0.4, 0.5) is 15.8 Å². The molecule has 37 heavy (non-hydrogen) atoms. The molecule has 0 aliphatic carbocycles. The Morgan fingerprint density at radius 1 is 1.00 bits per heavy atom. The van der Waals surface area contributed by atoms with Crippen LogP contribution in [0.25, 0.3) is 0 Å². The zero-order chi connectivity index (χ0) is 26.1. The molecule has 1 unspecified atom stereocenters. The molecule has 0 aromatic heterocycles. The highest BCUT2D eigenvalue weighted by molar-refractivity contribution is 6.23. The number of carbonyl (C=O) groups is 4. The lowest BCUT2D eigenvalue weighted by atomic mass is 10.1. The number of imide groups is 1. The van der Waals surface area contributed by atoms with Crippen LogP contribution in [-0.2, 0) is 20.9 Å². The van der Waals surface area contributed by atoms with Gasteiger partial charge < -0.3 is 19.7 Å². The van der Waals surface area contributed by atoms with Crippen molar-refractivity contribution in [2.75, 3.05) is 17.0 Å². The second-order valence-electron chi connectivity index (χ2n) is 8.64. The van der Waals surface area contributed by atoms with Gasteiger partial charge in [-0.05, 0) is 66.2 Å². The number of hydrogen-bond donors (Lipinski definition) is 1. The molecule has 0 spiro atoms. The first-order valence-electron chi connectivity index (χ1n) is 11.5. The van der Waals surface area contributed by atoms with E-state index in [1.165, 1.54) is 24.0 Å². The van der Waals surface area contributed by atoms with Crippen molar-refractivity contribution in [3.63, 3.8) is 0 Å². The summed E-state index contributed by atoms with van der Waals surface area (Å²) < 4.78 is 24.3. The molecule has 1 N–H and O–H groups in total. The first kappa shape index (κ1) is 24.0. The van der Waals surface area contributed by atoms with Crippen LogP contribution in [0.1, 0.15) is 29.3 Å². The van der Waals surface area contributed by atoms with E-state index >= 15 is 0 Å². The summed E-state index contributed by atoms with van der Waals surface area (Å²) in [7, 11) is 0. The summed E-state index contributed by atoms with van der Waals surface area (Å²) >= 11 is 0. The Balaban J connectivity index is 1.45. The molecule has 0 saturated carbocycles. The van der Waals surface area contributed by atoms with Crippen molar-refractivity contribution in [3.8, 4) is 11.5 Å². The summed E-state index contributed by atoms with van der Waals surface area (Å²) in [6.07, 6.45) is -0.218. The Morgan fingerprint density at radius 3 is 2.41 bits per heavy atom. The Labute approximate surface area is 211 Å². The zero-order valence-electron chi connectivity index (χ0n) is 19.8. The number of anilines is 2. The number of nitrogens with zero attached hydrogens (tertiary/aromatic N) is 2. The fraction of sp³-hybridized carbons (Fsp3) is 0.185. The molecule has 1 fully saturated rings. The summed E-state index contributed by atoms with van der Waals surface area (Å²) in [6.45, 7) is 1.47. The lowest BCUT2D eigenvalue weighted by molar-refractivity contribution is -0.122. The van der Waals surface area contributed by atoms with Gasteiger partial charge in [0.15, 0.2) is 11.5 Å². The number of nitrogens with one attached hydrogen (secondary N) is 1. The zero-order valence-corrected chi connectivity index (χ0v) is 19.8. The number of hydrogen-bond acceptors (Lipinski definition) is 6. The van der Waals surface area contributed by atoms with E-state index in [0.29, 0.717) is 28.4 Å². The van der Waals surface area contributed by atoms with Gasteiger partial charge in [-0.2, -0.15) is 0 Å². The Hall–Kier alpha value is -4.73. The molecule has 188 valence electrons. The molecule has 4 amide bonds. The largest absolute Gasteiger partial charge is 0.454 e. The van der Waals surface area contributed by atoms with Crippen LogP contribution >= 0.6 is 0 Å². The van der Waals surface area contributed by atoms with Crippen LogP contribution in [0.2, 0.25) is 0 Å². The molecule has 0 bridgehead atoms. The molecule has 2 aliphatic rings. The predicted molar refractivity (Wildman–Crippen MR) is 130 cm³/mol. The Morgan fingerprint density at radius 2 is 1.70 bits per heavy atom. The molecule has 1 atom stereocenters. The normalized spacial score (nSPS) is 16.2. The average molecular weight is 503 g/mol. The number of benzene rings is 3. The van der Waals surface area contributed by atoms with Crippen LogP contribution in [0.5, 0.6) is 11.5 Å². The fourth-order valence-corrected chi connectivity index (χ4v) is 4.35. The van der Waals surface area contributed by atoms with Crippen molar-refractivity contribution < 1.29 is 33.0 Å². The van der Waals surface area contributed by atoms with Crippen LogP contribution in [0.15, 0.2) is 66.7 Å². The lowest BCUT2D eigenvalue weighted by Crippen LogP contribution is -2.45. The van der Waals surface area contributed by atoms with Gasteiger partial charge in [0.2, 0.25) is 18.6 Å². The van der Waals surface area contributed by atoms with Crippen molar-refractivity contribution >= 4 is 35.0 Å². The van der Waals surface area contributed by atoms with Crippen molar-refractivity contribution in [2.45, 2.75) is 25.9 Å². The van der Waals surface area contributed by atoms with Gasteiger partial charge in [-0.25, -0.2) is 9.29 Å². The van der Waals surface area contributed by atoms with Gasteiger partial charge in [0.1, 0.15) is 11.9 Å². The van der Waals surface area contributed by atoms with Crippen molar-refractivity contribution in [1.82, 2.24) is 4.90 Å². The first-order chi connectivity index (χ1) is 17.8. The Kier molecular flexibility index (Phi) is 6.31. The lowest BCUT2D eigenvalue weighted by Gasteiger charge is -2.28. The number of rotatable bonds is 6. The van der Waals surface area contributed by atoms with Gasteiger partial charge in [-0.1, -0.05) is 6.07 Å².